The Kier molecular flexibility index (Phi) is 7.00. The third-order valence-corrected chi connectivity index (χ3v) is 7.27. The Labute approximate surface area is 199 Å². The predicted molar refractivity (Wildman–Crippen MR) is 121 cm³/mol. The van der Waals surface area contributed by atoms with Crippen molar-refractivity contribution in [3.63, 3.8) is 0 Å². The molecule has 3 aromatic rings. The van der Waals surface area contributed by atoms with Crippen LogP contribution in [0.3, 0.4) is 0 Å². The Hall–Kier alpha value is -3.38. The van der Waals surface area contributed by atoms with E-state index < -0.39 is 52.0 Å². The molecule has 0 saturated heterocycles. The van der Waals surface area contributed by atoms with E-state index in [0.717, 1.165) is 17.2 Å². The second kappa shape index (κ2) is 9.34. The number of hydrogen-bond donors (Lipinski definition) is 2. The quantitative estimate of drug-likeness (QED) is 0.463. The van der Waals surface area contributed by atoms with Crippen LogP contribution in [0.4, 0.5) is 13.2 Å². The summed E-state index contributed by atoms with van der Waals surface area (Å²) in [5.74, 6) is -2.72. The number of alkyl halides is 3. The van der Waals surface area contributed by atoms with E-state index in [9.17, 15) is 36.3 Å². The Morgan fingerprint density at radius 3 is 2.20 bits per heavy atom. The first kappa shape index (κ1) is 26.2. The highest BCUT2D eigenvalue weighted by molar-refractivity contribution is 7.89. The first-order valence-electron chi connectivity index (χ1n) is 10.3. The molecule has 1 aromatic heterocycles. The van der Waals surface area contributed by atoms with Crippen molar-refractivity contribution < 1.29 is 41.0 Å². The summed E-state index contributed by atoms with van der Waals surface area (Å²) in [6.45, 7) is 3.58. The number of carboxylic acid groups (broad SMARTS) is 1. The van der Waals surface area contributed by atoms with Crippen molar-refractivity contribution in [3.05, 3.63) is 64.3 Å². The van der Waals surface area contributed by atoms with Gasteiger partial charge in [0.05, 0.1) is 17.6 Å². The summed E-state index contributed by atoms with van der Waals surface area (Å²) in [6, 6.07) is 5.99. The summed E-state index contributed by atoms with van der Waals surface area (Å²) < 4.78 is 75.7. The first-order chi connectivity index (χ1) is 16.2. The van der Waals surface area contributed by atoms with Gasteiger partial charge in [0.25, 0.3) is 0 Å². The molecule has 2 aromatic carbocycles. The van der Waals surface area contributed by atoms with E-state index in [4.69, 9.17) is 0 Å². The van der Waals surface area contributed by atoms with Crippen molar-refractivity contribution in [1.29, 1.82) is 0 Å². The van der Waals surface area contributed by atoms with Gasteiger partial charge in [-0.15, -0.1) is 0 Å². The van der Waals surface area contributed by atoms with E-state index in [2.05, 4.69) is 4.74 Å². The van der Waals surface area contributed by atoms with Crippen LogP contribution in [0.5, 0.6) is 0 Å². The van der Waals surface area contributed by atoms with Crippen LogP contribution in [0, 0.1) is 20.8 Å². The maximum absolute atomic E-state index is 14.1. The molecule has 12 heteroatoms. The second-order valence-electron chi connectivity index (χ2n) is 8.09. The fourth-order valence-electron chi connectivity index (χ4n) is 4.25. The van der Waals surface area contributed by atoms with Gasteiger partial charge < -0.3 is 14.4 Å². The minimum atomic E-state index is -5.08. The number of carboxylic acids is 1. The minimum Gasteiger partial charge on any atom is -0.478 e. The van der Waals surface area contributed by atoms with Crippen molar-refractivity contribution in [2.45, 2.75) is 44.4 Å². The number of aromatic nitrogens is 1. The molecule has 0 aliphatic rings. The molecule has 2 N–H and O–H groups in total. The molecule has 0 amide bonds. The molecule has 1 unspecified atom stereocenters. The molecule has 0 fully saturated rings. The fraction of sp³-hybridized carbons (Fsp3) is 0.304. The lowest BCUT2D eigenvalue weighted by Gasteiger charge is -2.24. The largest absolute Gasteiger partial charge is 0.478 e. The van der Waals surface area contributed by atoms with Gasteiger partial charge in [-0.1, -0.05) is 35.9 Å². The zero-order chi connectivity index (χ0) is 26.3. The van der Waals surface area contributed by atoms with Crippen LogP contribution in [0.25, 0.3) is 10.9 Å². The summed E-state index contributed by atoms with van der Waals surface area (Å²) in [4.78, 5) is 24.1. The van der Waals surface area contributed by atoms with Crippen molar-refractivity contribution in [2.24, 2.45) is 0 Å². The first-order valence-corrected chi connectivity index (χ1v) is 11.8. The van der Waals surface area contributed by atoms with Gasteiger partial charge in [0.1, 0.15) is 11.7 Å². The number of carbonyl (C=O) groups is 2. The number of methoxy groups -OCH3 is 1. The van der Waals surface area contributed by atoms with Crippen molar-refractivity contribution in [2.75, 3.05) is 7.11 Å². The molecule has 0 aliphatic heterocycles. The highest BCUT2D eigenvalue weighted by Crippen LogP contribution is 2.31. The number of nitrogens with one attached hydrogen (secondary N) is 1. The predicted octanol–water partition coefficient (Wildman–Crippen LogP) is 3.96. The number of carbonyl (C=O) groups excluding carboxylic acids is 1. The number of ether oxygens (including phenoxy) is 1. The van der Waals surface area contributed by atoms with Crippen LogP contribution in [0.15, 0.2) is 41.3 Å². The molecule has 3 rings (SSSR count). The number of fused-ring (bicyclic) bond motifs is 1. The van der Waals surface area contributed by atoms with Crippen LogP contribution in [0.2, 0.25) is 0 Å². The molecule has 0 bridgehead atoms. The standard InChI is InChI=1S/C23H23F3N2O6S/c1-12-9-13(2)20(14(3)10-12)35(32,33)27-17(23(24,25)26)11-28-16-8-6-5-7-15(16)18(21(29)30)19(28)22(31)34-4/h5-10,17,27H,11H2,1-4H3,(H,29,30). The number of rotatable bonds is 7. The summed E-state index contributed by atoms with van der Waals surface area (Å²) >= 11 is 0. The number of benzene rings is 2. The molecule has 35 heavy (non-hydrogen) atoms. The number of esters is 1. The van der Waals surface area contributed by atoms with E-state index in [0.29, 0.717) is 0 Å². The van der Waals surface area contributed by atoms with Gasteiger partial charge in [-0.2, -0.15) is 17.9 Å². The van der Waals surface area contributed by atoms with Gasteiger partial charge in [-0.3, -0.25) is 0 Å². The minimum absolute atomic E-state index is 0.00134. The lowest BCUT2D eigenvalue weighted by atomic mass is 10.1. The van der Waals surface area contributed by atoms with Gasteiger partial charge >= 0.3 is 18.1 Å². The molecule has 8 nitrogen and oxygen atoms in total. The van der Waals surface area contributed by atoms with Gasteiger partial charge in [0.15, 0.2) is 0 Å². The monoisotopic (exact) mass is 512 g/mol. The van der Waals surface area contributed by atoms with Gasteiger partial charge in [0.2, 0.25) is 10.0 Å². The van der Waals surface area contributed by atoms with E-state index in [1.807, 2.05) is 0 Å². The highest BCUT2D eigenvalue weighted by atomic mass is 32.2. The number of aryl methyl sites for hydroxylation is 3. The smallest absolute Gasteiger partial charge is 0.406 e. The molecular formula is C23H23F3N2O6S. The number of aromatic carboxylic acids is 1. The molecular weight excluding hydrogens is 489 g/mol. The molecule has 188 valence electrons. The molecule has 0 radical (unpaired) electrons. The third-order valence-electron chi connectivity index (χ3n) is 5.49. The van der Waals surface area contributed by atoms with Crippen LogP contribution in [0.1, 0.15) is 37.5 Å². The van der Waals surface area contributed by atoms with Crippen molar-refractivity contribution in [3.8, 4) is 0 Å². The maximum Gasteiger partial charge on any atom is 0.406 e. The topological polar surface area (TPSA) is 115 Å². The third kappa shape index (κ3) is 5.03. The summed E-state index contributed by atoms with van der Waals surface area (Å²) in [5.41, 5.74) is 0.116. The lowest BCUT2D eigenvalue weighted by molar-refractivity contribution is -0.154. The van der Waals surface area contributed by atoms with E-state index in [-0.39, 0.29) is 26.9 Å². The lowest BCUT2D eigenvalue weighted by Crippen LogP contribution is -2.48. The van der Waals surface area contributed by atoms with Crippen molar-refractivity contribution in [1.82, 2.24) is 9.29 Å². The van der Waals surface area contributed by atoms with Gasteiger partial charge in [0, 0.05) is 17.4 Å². The number of nitrogens with zero attached hydrogens (tertiary/aromatic N) is 1. The number of halogens is 3. The summed E-state index contributed by atoms with van der Waals surface area (Å²) in [7, 11) is -3.70. The number of hydrogen-bond acceptors (Lipinski definition) is 5. The Bertz CT molecular complexity index is 1400. The summed E-state index contributed by atoms with van der Waals surface area (Å²) in [5, 5.41) is 9.69. The average Bonchev–Trinajstić information content (AvgIpc) is 3.05. The molecule has 0 saturated carbocycles. The molecule has 1 atom stereocenters. The fourth-order valence-corrected chi connectivity index (χ4v) is 5.91. The van der Waals surface area contributed by atoms with Gasteiger partial charge in [-0.25, -0.2) is 18.0 Å². The van der Waals surface area contributed by atoms with Crippen molar-refractivity contribution >= 4 is 32.9 Å². The van der Waals surface area contributed by atoms with Crippen LogP contribution < -0.4 is 4.72 Å². The normalized spacial score (nSPS) is 13.1. The zero-order valence-corrected chi connectivity index (χ0v) is 20.0. The molecule has 0 spiro atoms. The van der Waals surface area contributed by atoms with Crippen LogP contribution in [-0.2, 0) is 21.3 Å². The van der Waals surface area contributed by atoms with Crippen LogP contribution in [-0.4, -0.2) is 49.4 Å². The van der Waals surface area contributed by atoms with E-state index >= 15 is 0 Å². The van der Waals surface area contributed by atoms with Crippen LogP contribution >= 0.6 is 0 Å². The van der Waals surface area contributed by atoms with E-state index in [1.165, 1.54) is 50.2 Å². The summed E-state index contributed by atoms with van der Waals surface area (Å²) in [6.07, 6.45) is -5.08. The second-order valence-corrected chi connectivity index (χ2v) is 9.74. The molecule has 0 aliphatic carbocycles. The van der Waals surface area contributed by atoms with Gasteiger partial charge in [-0.05, 0) is 38.0 Å². The zero-order valence-electron chi connectivity index (χ0n) is 19.2. The Morgan fingerprint density at radius 2 is 1.69 bits per heavy atom. The molecule has 1 heterocycles. The SMILES string of the molecule is COC(=O)c1c(C(=O)O)c2ccccc2n1CC(NS(=O)(=O)c1c(C)cc(C)cc1C)C(F)(F)F. The number of para-hydroxylation sites is 1. The van der Waals surface area contributed by atoms with E-state index in [1.54, 1.807) is 11.6 Å². The average molecular weight is 513 g/mol. The maximum atomic E-state index is 14.1. The number of sulfonamides is 1. The highest BCUT2D eigenvalue weighted by Gasteiger charge is 2.44. The Morgan fingerprint density at radius 1 is 1.11 bits per heavy atom. The Balaban J connectivity index is 2.19.